The summed E-state index contributed by atoms with van der Waals surface area (Å²) in [6.45, 7) is -0.313. The molecule has 1 amide bonds. The maximum atomic E-state index is 12.0. The Balaban J connectivity index is 1.86. The molecule has 24 heavy (non-hydrogen) atoms. The van der Waals surface area contributed by atoms with E-state index in [9.17, 15) is 9.59 Å². The highest BCUT2D eigenvalue weighted by atomic mass is 16.5. The lowest BCUT2D eigenvalue weighted by atomic mass is 10.2. The average Bonchev–Trinajstić information content (AvgIpc) is 2.64. The first kappa shape index (κ1) is 17.3. The minimum Gasteiger partial charge on any atom is -0.497 e. The van der Waals surface area contributed by atoms with Gasteiger partial charge >= 0.3 is 5.97 Å². The van der Waals surface area contributed by atoms with Crippen molar-refractivity contribution in [1.29, 1.82) is 0 Å². The van der Waals surface area contributed by atoms with Crippen molar-refractivity contribution >= 4 is 23.6 Å². The standard InChI is InChI=1S/C19H19NO4/c1-20(16-8-4-3-5-9-16)18(21)14-24-19(22)12-11-15-7-6-10-17(13-15)23-2/h3-13H,14H2,1-2H3. The van der Waals surface area contributed by atoms with Crippen molar-refractivity contribution in [3.63, 3.8) is 0 Å². The van der Waals surface area contributed by atoms with Gasteiger partial charge in [0.1, 0.15) is 5.75 Å². The van der Waals surface area contributed by atoms with E-state index < -0.39 is 5.97 Å². The van der Waals surface area contributed by atoms with Gasteiger partial charge in [0.25, 0.3) is 5.91 Å². The van der Waals surface area contributed by atoms with Crippen LogP contribution in [0.15, 0.2) is 60.7 Å². The summed E-state index contributed by atoms with van der Waals surface area (Å²) in [4.78, 5) is 25.2. The molecule has 5 nitrogen and oxygen atoms in total. The molecule has 0 aliphatic heterocycles. The van der Waals surface area contributed by atoms with Crippen LogP contribution in [0.5, 0.6) is 5.75 Å². The number of nitrogens with zero attached hydrogens (tertiary/aromatic N) is 1. The van der Waals surface area contributed by atoms with Crippen molar-refractivity contribution in [1.82, 2.24) is 0 Å². The maximum absolute atomic E-state index is 12.0. The first-order chi connectivity index (χ1) is 11.6. The summed E-state index contributed by atoms with van der Waals surface area (Å²) in [6.07, 6.45) is 2.89. The lowest BCUT2D eigenvalue weighted by Gasteiger charge is -2.16. The fourth-order valence-corrected chi connectivity index (χ4v) is 1.98. The number of amides is 1. The molecule has 2 aromatic rings. The van der Waals surface area contributed by atoms with Gasteiger partial charge in [-0.05, 0) is 35.9 Å². The Morgan fingerprint density at radius 1 is 1.08 bits per heavy atom. The molecule has 124 valence electrons. The minimum absolute atomic E-state index is 0.302. The third-order valence-corrected chi connectivity index (χ3v) is 3.36. The molecule has 0 fully saturated rings. The van der Waals surface area contributed by atoms with Crippen LogP contribution in [0.1, 0.15) is 5.56 Å². The molecule has 0 N–H and O–H groups in total. The first-order valence-corrected chi connectivity index (χ1v) is 7.40. The average molecular weight is 325 g/mol. The molecular formula is C19H19NO4. The SMILES string of the molecule is COc1cccc(C=CC(=O)OCC(=O)N(C)c2ccccc2)c1. The smallest absolute Gasteiger partial charge is 0.331 e. The van der Waals surface area contributed by atoms with Gasteiger partial charge in [-0.1, -0.05) is 30.3 Å². The molecule has 0 aromatic heterocycles. The van der Waals surface area contributed by atoms with Crippen LogP contribution >= 0.6 is 0 Å². The number of likely N-dealkylation sites (N-methyl/N-ethyl adjacent to an activating group) is 1. The van der Waals surface area contributed by atoms with Crippen LogP contribution in [0.4, 0.5) is 5.69 Å². The zero-order valence-corrected chi connectivity index (χ0v) is 13.6. The molecular weight excluding hydrogens is 306 g/mol. The van der Waals surface area contributed by atoms with E-state index in [4.69, 9.17) is 9.47 Å². The number of hydrogen-bond donors (Lipinski definition) is 0. The van der Waals surface area contributed by atoms with Crippen molar-refractivity contribution in [2.24, 2.45) is 0 Å². The molecule has 0 heterocycles. The predicted octanol–water partition coefficient (Wildman–Crippen LogP) is 2.91. The third-order valence-electron chi connectivity index (χ3n) is 3.36. The van der Waals surface area contributed by atoms with Crippen molar-refractivity contribution in [3.8, 4) is 5.75 Å². The Labute approximate surface area is 141 Å². The van der Waals surface area contributed by atoms with Crippen molar-refractivity contribution < 1.29 is 19.1 Å². The van der Waals surface area contributed by atoms with Gasteiger partial charge in [-0.25, -0.2) is 4.79 Å². The molecule has 0 aliphatic rings. The first-order valence-electron chi connectivity index (χ1n) is 7.40. The summed E-state index contributed by atoms with van der Waals surface area (Å²) in [7, 11) is 3.21. The maximum Gasteiger partial charge on any atom is 0.331 e. The van der Waals surface area contributed by atoms with Crippen molar-refractivity contribution in [3.05, 3.63) is 66.2 Å². The van der Waals surface area contributed by atoms with Crippen LogP contribution in [0.2, 0.25) is 0 Å². The molecule has 0 unspecified atom stereocenters. The van der Waals surface area contributed by atoms with Crippen LogP contribution < -0.4 is 9.64 Å². The van der Waals surface area contributed by atoms with E-state index in [0.717, 1.165) is 11.3 Å². The van der Waals surface area contributed by atoms with Crippen molar-refractivity contribution in [2.45, 2.75) is 0 Å². The third kappa shape index (κ3) is 4.98. The Bertz CT molecular complexity index is 725. The lowest BCUT2D eigenvalue weighted by Crippen LogP contribution is -2.30. The molecule has 2 aromatic carbocycles. The zero-order valence-electron chi connectivity index (χ0n) is 13.6. The number of carbonyl (C=O) groups is 2. The quantitative estimate of drug-likeness (QED) is 0.605. The highest BCUT2D eigenvalue weighted by Crippen LogP contribution is 2.14. The second-order valence-corrected chi connectivity index (χ2v) is 5.01. The second-order valence-electron chi connectivity index (χ2n) is 5.01. The van der Waals surface area contributed by atoms with E-state index in [1.807, 2.05) is 48.5 Å². The molecule has 0 radical (unpaired) electrons. The molecule has 0 saturated heterocycles. The molecule has 5 heteroatoms. The van der Waals surface area contributed by atoms with Gasteiger partial charge in [-0.15, -0.1) is 0 Å². The van der Waals surface area contributed by atoms with Gasteiger partial charge in [0.15, 0.2) is 6.61 Å². The van der Waals surface area contributed by atoms with E-state index in [1.54, 1.807) is 26.3 Å². The van der Waals surface area contributed by atoms with E-state index in [1.165, 1.54) is 11.0 Å². The Morgan fingerprint density at radius 2 is 1.83 bits per heavy atom. The highest BCUT2D eigenvalue weighted by Gasteiger charge is 2.12. The number of benzene rings is 2. The van der Waals surface area contributed by atoms with Gasteiger partial charge in [-0.2, -0.15) is 0 Å². The molecule has 0 spiro atoms. The van der Waals surface area contributed by atoms with Crippen LogP contribution in [-0.2, 0) is 14.3 Å². The van der Waals surface area contributed by atoms with Gasteiger partial charge in [0.2, 0.25) is 0 Å². The fraction of sp³-hybridized carbons (Fsp3) is 0.158. The number of anilines is 1. The molecule has 0 bridgehead atoms. The topological polar surface area (TPSA) is 55.8 Å². The fourth-order valence-electron chi connectivity index (χ4n) is 1.98. The zero-order chi connectivity index (χ0) is 17.4. The number of para-hydroxylation sites is 1. The number of methoxy groups -OCH3 is 1. The molecule has 0 saturated carbocycles. The van der Waals surface area contributed by atoms with Crippen LogP contribution in [0.25, 0.3) is 6.08 Å². The number of hydrogen-bond acceptors (Lipinski definition) is 4. The summed E-state index contributed by atoms with van der Waals surface area (Å²) < 4.78 is 10.1. The Hall–Kier alpha value is -3.08. The van der Waals surface area contributed by atoms with Crippen LogP contribution in [0, 0.1) is 0 Å². The highest BCUT2D eigenvalue weighted by molar-refractivity contribution is 5.96. The van der Waals surface area contributed by atoms with E-state index in [-0.39, 0.29) is 12.5 Å². The molecule has 2 rings (SSSR count). The number of rotatable bonds is 6. The normalized spacial score (nSPS) is 10.4. The predicted molar refractivity (Wildman–Crippen MR) is 92.8 cm³/mol. The van der Waals surface area contributed by atoms with E-state index in [0.29, 0.717) is 5.75 Å². The number of esters is 1. The largest absolute Gasteiger partial charge is 0.497 e. The van der Waals surface area contributed by atoms with Gasteiger partial charge < -0.3 is 14.4 Å². The van der Waals surface area contributed by atoms with Gasteiger partial charge in [0.05, 0.1) is 7.11 Å². The second kappa shape index (κ2) is 8.53. The molecule has 0 aliphatic carbocycles. The Kier molecular flexibility index (Phi) is 6.14. The monoisotopic (exact) mass is 325 g/mol. The Morgan fingerprint density at radius 3 is 2.54 bits per heavy atom. The lowest BCUT2D eigenvalue weighted by molar-refractivity contribution is -0.142. The summed E-state index contributed by atoms with van der Waals surface area (Å²) in [6, 6.07) is 16.4. The summed E-state index contributed by atoms with van der Waals surface area (Å²) in [5.41, 5.74) is 1.55. The minimum atomic E-state index is -0.576. The summed E-state index contributed by atoms with van der Waals surface area (Å²) in [5.74, 6) is -0.179. The molecule has 0 atom stereocenters. The van der Waals surface area contributed by atoms with Gasteiger partial charge in [0, 0.05) is 18.8 Å². The van der Waals surface area contributed by atoms with Crippen LogP contribution in [0.3, 0.4) is 0 Å². The summed E-state index contributed by atoms with van der Waals surface area (Å²) >= 11 is 0. The van der Waals surface area contributed by atoms with Gasteiger partial charge in [-0.3, -0.25) is 4.79 Å². The van der Waals surface area contributed by atoms with E-state index >= 15 is 0 Å². The van der Waals surface area contributed by atoms with Crippen molar-refractivity contribution in [2.75, 3.05) is 25.7 Å². The summed E-state index contributed by atoms with van der Waals surface area (Å²) in [5, 5.41) is 0. The van der Waals surface area contributed by atoms with E-state index in [2.05, 4.69) is 0 Å². The van der Waals surface area contributed by atoms with Crippen LogP contribution in [-0.4, -0.2) is 32.6 Å². The number of carbonyl (C=O) groups excluding carboxylic acids is 2. The number of ether oxygens (including phenoxy) is 2.